The zero-order valence-corrected chi connectivity index (χ0v) is 19.5. The number of imide groups is 2. The smallest absolute Gasteiger partial charge is 0.335 e. The lowest BCUT2D eigenvalue weighted by molar-refractivity contribution is -0.122. The Morgan fingerprint density at radius 3 is 2.33 bits per heavy atom. The van der Waals surface area contributed by atoms with Crippen LogP contribution in [0.4, 0.5) is 10.5 Å². The predicted octanol–water partition coefficient (Wildman–Crippen LogP) is 4.40. The van der Waals surface area contributed by atoms with Gasteiger partial charge in [0.2, 0.25) is 0 Å². The van der Waals surface area contributed by atoms with Crippen LogP contribution in [-0.2, 0) is 16.1 Å². The second-order valence-electron chi connectivity index (χ2n) is 8.09. The van der Waals surface area contributed by atoms with Crippen LogP contribution in [0, 0.1) is 0 Å². The lowest BCUT2D eigenvalue weighted by Gasteiger charge is -2.26. The summed E-state index contributed by atoms with van der Waals surface area (Å²) in [5, 5.41) is 3.13. The molecule has 4 aromatic rings. The Morgan fingerprint density at radius 2 is 1.56 bits per heavy atom. The third-order valence-corrected chi connectivity index (χ3v) is 5.89. The molecule has 8 heteroatoms. The molecule has 2 heterocycles. The van der Waals surface area contributed by atoms with Crippen LogP contribution in [0.15, 0.2) is 90.6 Å². The van der Waals surface area contributed by atoms with Gasteiger partial charge in [-0.05, 0) is 36.4 Å². The molecule has 0 saturated carbocycles. The number of ether oxygens (including phenoxy) is 2. The van der Waals surface area contributed by atoms with Gasteiger partial charge in [0, 0.05) is 22.7 Å². The van der Waals surface area contributed by atoms with Crippen molar-refractivity contribution in [3.05, 3.63) is 96.2 Å². The molecule has 180 valence electrons. The number of urea groups is 1. The number of nitrogens with zero attached hydrogens (tertiary/aromatic N) is 2. The zero-order chi connectivity index (χ0) is 25.1. The number of hydrogen-bond donors (Lipinski definition) is 1. The van der Waals surface area contributed by atoms with Gasteiger partial charge in [0.05, 0.1) is 19.3 Å². The lowest BCUT2D eigenvalue weighted by atomic mass is 10.1. The maximum atomic E-state index is 13.2. The normalized spacial score (nSPS) is 14.9. The van der Waals surface area contributed by atoms with Crippen LogP contribution < -0.4 is 19.7 Å². The quantitative estimate of drug-likeness (QED) is 0.312. The van der Waals surface area contributed by atoms with E-state index in [0.717, 1.165) is 15.8 Å². The fourth-order valence-corrected chi connectivity index (χ4v) is 4.19. The fourth-order valence-electron chi connectivity index (χ4n) is 4.19. The Kier molecular flexibility index (Phi) is 6.23. The van der Waals surface area contributed by atoms with E-state index in [1.807, 2.05) is 59.3 Å². The maximum absolute atomic E-state index is 13.2. The van der Waals surface area contributed by atoms with Crippen molar-refractivity contribution in [1.29, 1.82) is 0 Å². The standard InChI is InChI=1S/C28H23N3O5/c1-35-24-13-7-8-14-25(24)36-16-15-30-18-19(21-11-5-6-12-23(21)30)17-22-26(32)29-28(34)31(27(22)33)20-9-3-2-4-10-20/h2-14,17-18H,15-16H2,1H3,(H,29,32,34). The monoisotopic (exact) mass is 481 g/mol. The summed E-state index contributed by atoms with van der Waals surface area (Å²) in [5.74, 6) is -0.103. The van der Waals surface area contributed by atoms with Crippen molar-refractivity contribution >= 4 is 40.5 Å². The number of amides is 4. The molecule has 1 saturated heterocycles. The van der Waals surface area contributed by atoms with Crippen molar-refractivity contribution in [2.24, 2.45) is 0 Å². The molecule has 1 aliphatic rings. The first-order valence-electron chi connectivity index (χ1n) is 11.4. The number of carbonyl (C=O) groups excluding carboxylic acids is 3. The summed E-state index contributed by atoms with van der Waals surface area (Å²) in [4.78, 5) is 39.3. The molecule has 0 atom stereocenters. The molecule has 0 aliphatic carbocycles. The third-order valence-electron chi connectivity index (χ3n) is 5.89. The van der Waals surface area contributed by atoms with E-state index in [1.54, 1.807) is 37.4 Å². The summed E-state index contributed by atoms with van der Waals surface area (Å²) in [7, 11) is 1.59. The molecule has 1 fully saturated rings. The first-order chi connectivity index (χ1) is 17.6. The molecule has 0 radical (unpaired) electrons. The number of benzene rings is 3. The van der Waals surface area contributed by atoms with Crippen molar-refractivity contribution < 1.29 is 23.9 Å². The number of hydrogen-bond acceptors (Lipinski definition) is 5. The average Bonchev–Trinajstić information content (AvgIpc) is 3.24. The highest BCUT2D eigenvalue weighted by Crippen LogP contribution is 2.28. The Morgan fingerprint density at radius 1 is 0.861 bits per heavy atom. The Hall–Kier alpha value is -4.85. The van der Waals surface area contributed by atoms with Crippen LogP contribution in [0.25, 0.3) is 17.0 Å². The summed E-state index contributed by atoms with van der Waals surface area (Å²) in [6.45, 7) is 0.904. The van der Waals surface area contributed by atoms with Gasteiger partial charge < -0.3 is 14.0 Å². The molecular formula is C28H23N3O5. The SMILES string of the molecule is COc1ccccc1OCCn1cc(C=C2C(=O)NC(=O)N(c3ccccc3)C2=O)c2ccccc21. The van der Waals surface area contributed by atoms with Crippen LogP contribution in [0.5, 0.6) is 11.5 Å². The Labute approximate surface area is 207 Å². The fraction of sp³-hybridized carbons (Fsp3) is 0.107. The van der Waals surface area contributed by atoms with Crippen molar-refractivity contribution in [3.8, 4) is 11.5 Å². The van der Waals surface area contributed by atoms with Gasteiger partial charge in [0.25, 0.3) is 11.8 Å². The van der Waals surface area contributed by atoms with Gasteiger partial charge in [-0.3, -0.25) is 14.9 Å². The molecule has 5 rings (SSSR count). The number of methoxy groups -OCH3 is 1. The minimum Gasteiger partial charge on any atom is -0.493 e. The zero-order valence-electron chi connectivity index (χ0n) is 19.5. The number of anilines is 1. The van der Waals surface area contributed by atoms with E-state index in [-0.39, 0.29) is 5.57 Å². The summed E-state index contributed by atoms with van der Waals surface area (Å²) >= 11 is 0. The van der Waals surface area contributed by atoms with Crippen LogP contribution >= 0.6 is 0 Å². The minimum absolute atomic E-state index is 0.119. The van der Waals surface area contributed by atoms with E-state index in [9.17, 15) is 14.4 Å². The Balaban J connectivity index is 1.45. The Bertz CT molecular complexity index is 1490. The molecule has 1 N–H and O–H groups in total. The number of rotatable bonds is 7. The van der Waals surface area contributed by atoms with Gasteiger partial charge in [0.15, 0.2) is 11.5 Å². The summed E-state index contributed by atoms with van der Waals surface area (Å²) in [5.41, 5.74) is 1.87. The second-order valence-corrected chi connectivity index (χ2v) is 8.09. The number of fused-ring (bicyclic) bond motifs is 1. The van der Waals surface area contributed by atoms with Gasteiger partial charge in [-0.1, -0.05) is 48.5 Å². The number of aromatic nitrogens is 1. The lowest BCUT2D eigenvalue weighted by Crippen LogP contribution is -2.54. The molecule has 0 spiro atoms. The van der Waals surface area contributed by atoms with Crippen LogP contribution in [0.3, 0.4) is 0 Å². The number of para-hydroxylation sites is 4. The molecule has 3 aromatic carbocycles. The molecule has 8 nitrogen and oxygen atoms in total. The first-order valence-corrected chi connectivity index (χ1v) is 11.4. The molecule has 36 heavy (non-hydrogen) atoms. The summed E-state index contributed by atoms with van der Waals surface area (Å²) in [6.07, 6.45) is 3.40. The second kappa shape index (κ2) is 9.79. The number of nitrogens with one attached hydrogen (secondary N) is 1. The molecular weight excluding hydrogens is 458 g/mol. The van der Waals surface area contributed by atoms with E-state index in [2.05, 4.69) is 5.32 Å². The van der Waals surface area contributed by atoms with Crippen molar-refractivity contribution in [2.75, 3.05) is 18.6 Å². The van der Waals surface area contributed by atoms with Crippen molar-refractivity contribution in [3.63, 3.8) is 0 Å². The predicted molar refractivity (Wildman–Crippen MR) is 136 cm³/mol. The topological polar surface area (TPSA) is 89.9 Å². The van der Waals surface area contributed by atoms with E-state index < -0.39 is 17.8 Å². The van der Waals surface area contributed by atoms with Gasteiger partial charge in [-0.2, -0.15) is 0 Å². The summed E-state index contributed by atoms with van der Waals surface area (Å²) in [6, 6.07) is 22.8. The van der Waals surface area contributed by atoms with Crippen LogP contribution in [0.1, 0.15) is 5.56 Å². The third kappa shape index (κ3) is 4.32. The molecule has 4 amide bonds. The molecule has 0 unspecified atom stereocenters. The van der Waals surface area contributed by atoms with Gasteiger partial charge in [-0.15, -0.1) is 0 Å². The molecule has 1 aromatic heterocycles. The van der Waals surface area contributed by atoms with E-state index in [4.69, 9.17) is 9.47 Å². The number of carbonyl (C=O) groups is 3. The van der Waals surface area contributed by atoms with Gasteiger partial charge >= 0.3 is 6.03 Å². The first kappa shape index (κ1) is 22.9. The van der Waals surface area contributed by atoms with Crippen LogP contribution in [0.2, 0.25) is 0 Å². The minimum atomic E-state index is -0.774. The van der Waals surface area contributed by atoms with E-state index in [0.29, 0.717) is 35.9 Å². The highest BCUT2D eigenvalue weighted by Gasteiger charge is 2.36. The van der Waals surface area contributed by atoms with Gasteiger partial charge in [0.1, 0.15) is 12.2 Å². The highest BCUT2D eigenvalue weighted by atomic mass is 16.5. The largest absolute Gasteiger partial charge is 0.493 e. The van der Waals surface area contributed by atoms with Gasteiger partial charge in [-0.25, -0.2) is 9.69 Å². The summed E-state index contributed by atoms with van der Waals surface area (Å²) < 4.78 is 13.3. The van der Waals surface area contributed by atoms with E-state index >= 15 is 0 Å². The van der Waals surface area contributed by atoms with Crippen molar-refractivity contribution in [2.45, 2.75) is 6.54 Å². The highest BCUT2D eigenvalue weighted by molar-refractivity contribution is 6.39. The molecule has 0 bridgehead atoms. The average molecular weight is 482 g/mol. The van der Waals surface area contributed by atoms with Crippen molar-refractivity contribution in [1.82, 2.24) is 9.88 Å². The molecule has 1 aliphatic heterocycles. The van der Waals surface area contributed by atoms with E-state index in [1.165, 1.54) is 6.08 Å². The van der Waals surface area contributed by atoms with Crippen LogP contribution in [-0.4, -0.2) is 36.1 Å². The maximum Gasteiger partial charge on any atom is 0.335 e. The number of barbiturate groups is 1.